The molecule has 0 spiro atoms. The molecule has 1 unspecified atom stereocenters. The van der Waals surface area contributed by atoms with Gasteiger partial charge in [0, 0.05) is 35.1 Å². The van der Waals surface area contributed by atoms with E-state index >= 15 is 0 Å². The van der Waals surface area contributed by atoms with E-state index in [2.05, 4.69) is 5.18 Å². The number of aryl methyl sites for hydroxylation is 1. The highest BCUT2D eigenvalue weighted by Gasteiger charge is 2.25. The summed E-state index contributed by atoms with van der Waals surface area (Å²) in [5.41, 5.74) is 2.28. The molecule has 0 saturated carbocycles. The number of thiophene rings is 1. The molecule has 0 aliphatic heterocycles. The van der Waals surface area contributed by atoms with Gasteiger partial charge in [-0.15, -0.1) is 11.3 Å². The Morgan fingerprint density at radius 1 is 1.09 bits per heavy atom. The second kappa shape index (κ2) is 10.3. The Bertz CT molecular complexity index is 1450. The smallest absolute Gasteiger partial charge is 0.345 e. The van der Waals surface area contributed by atoms with Crippen molar-refractivity contribution >= 4 is 28.9 Å². The summed E-state index contributed by atoms with van der Waals surface area (Å²) in [6.45, 7) is 0. The summed E-state index contributed by atoms with van der Waals surface area (Å²) in [6.07, 6.45) is 1.73. The SMILES string of the molecule is Cn1cc(C(C[C@H](c2ccc(-c3ccc(C(=O)O)s3)cc2)c2ccc(Cl)cc2F)N=O)ccc1=O. The summed E-state index contributed by atoms with van der Waals surface area (Å²) in [6, 6.07) is 17.1. The van der Waals surface area contributed by atoms with Crippen LogP contribution < -0.4 is 5.56 Å². The van der Waals surface area contributed by atoms with Crippen LogP contribution in [-0.2, 0) is 7.05 Å². The molecule has 0 aliphatic carbocycles. The summed E-state index contributed by atoms with van der Waals surface area (Å²) < 4.78 is 16.4. The molecule has 2 heterocycles. The van der Waals surface area contributed by atoms with Crippen LogP contribution in [0.2, 0.25) is 5.02 Å². The maximum Gasteiger partial charge on any atom is 0.345 e. The number of carbonyl (C=O) groups is 1. The molecule has 6 nitrogen and oxygen atoms in total. The molecule has 35 heavy (non-hydrogen) atoms. The van der Waals surface area contributed by atoms with E-state index in [0.29, 0.717) is 11.1 Å². The minimum atomic E-state index is -0.984. The van der Waals surface area contributed by atoms with Crippen LogP contribution in [0.4, 0.5) is 4.39 Å². The molecule has 1 N–H and O–H groups in total. The van der Waals surface area contributed by atoms with E-state index < -0.39 is 23.7 Å². The summed E-state index contributed by atoms with van der Waals surface area (Å²) in [5.74, 6) is -2.01. The Kier molecular flexibility index (Phi) is 7.23. The third kappa shape index (κ3) is 5.39. The molecule has 4 aromatic rings. The van der Waals surface area contributed by atoms with Crippen molar-refractivity contribution in [2.24, 2.45) is 12.2 Å². The van der Waals surface area contributed by atoms with Gasteiger partial charge in [-0.2, -0.15) is 4.91 Å². The number of halogens is 2. The van der Waals surface area contributed by atoms with Gasteiger partial charge in [-0.3, -0.25) is 4.79 Å². The number of hydrogen-bond acceptors (Lipinski definition) is 5. The Morgan fingerprint density at radius 2 is 1.80 bits per heavy atom. The van der Waals surface area contributed by atoms with Crippen molar-refractivity contribution in [3.63, 3.8) is 0 Å². The van der Waals surface area contributed by atoms with Crippen LogP contribution in [0.15, 0.2) is 82.9 Å². The molecule has 2 aromatic carbocycles. The van der Waals surface area contributed by atoms with Gasteiger partial charge in [-0.05, 0) is 59.0 Å². The van der Waals surface area contributed by atoms with Crippen LogP contribution in [0.25, 0.3) is 10.4 Å². The van der Waals surface area contributed by atoms with Crippen molar-refractivity contribution < 1.29 is 14.3 Å². The first-order valence-electron chi connectivity index (χ1n) is 10.6. The Morgan fingerprint density at radius 3 is 2.40 bits per heavy atom. The molecule has 0 amide bonds. The Balaban J connectivity index is 1.72. The lowest BCUT2D eigenvalue weighted by Crippen LogP contribution is -2.16. The average molecular weight is 511 g/mol. The average Bonchev–Trinajstić information content (AvgIpc) is 3.34. The van der Waals surface area contributed by atoms with Crippen LogP contribution in [-0.4, -0.2) is 15.6 Å². The summed E-state index contributed by atoms with van der Waals surface area (Å²) in [5, 5.41) is 12.7. The summed E-state index contributed by atoms with van der Waals surface area (Å²) >= 11 is 7.12. The second-order valence-electron chi connectivity index (χ2n) is 8.08. The third-order valence-corrected chi connectivity index (χ3v) is 7.19. The lowest BCUT2D eigenvalue weighted by atomic mass is 9.84. The number of hydrogen-bond donors (Lipinski definition) is 1. The van der Waals surface area contributed by atoms with E-state index in [-0.39, 0.29) is 21.9 Å². The third-order valence-electron chi connectivity index (χ3n) is 5.83. The number of rotatable bonds is 8. The molecule has 9 heteroatoms. The lowest BCUT2D eigenvalue weighted by molar-refractivity contribution is 0.0702. The zero-order chi connectivity index (χ0) is 25.1. The number of benzene rings is 2. The number of carboxylic acids is 1. The first-order chi connectivity index (χ1) is 16.8. The summed E-state index contributed by atoms with van der Waals surface area (Å²) in [4.78, 5) is 35.8. The van der Waals surface area contributed by atoms with E-state index in [4.69, 9.17) is 11.6 Å². The predicted molar refractivity (Wildman–Crippen MR) is 135 cm³/mol. The fourth-order valence-corrected chi connectivity index (χ4v) is 5.00. The monoisotopic (exact) mass is 510 g/mol. The van der Waals surface area contributed by atoms with Crippen LogP contribution in [0, 0.1) is 10.7 Å². The number of nitrogens with zero attached hydrogens (tertiary/aromatic N) is 2. The van der Waals surface area contributed by atoms with Crippen LogP contribution in [0.1, 0.15) is 44.7 Å². The molecule has 2 atom stereocenters. The molecule has 0 radical (unpaired) electrons. The lowest BCUT2D eigenvalue weighted by Gasteiger charge is -2.22. The maximum atomic E-state index is 15.0. The van der Waals surface area contributed by atoms with Gasteiger partial charge in [0.25, 0.3) is 0 Å². The van der Waals surface area contributed by atoms with Crippen LogP contribution >= 0.6 is 22.9 Å². The van der Waals surface area contributed by atoms with E-state index in [0.717, 1.165) is 27.3 Å². The second-order valence-corrected chi connectivity index (χ2v) is 9.60. The van der Waals surface area contributed by atoms with E-state index in [1.807, 2.05) is 24.3 Å². The molecular formula is C26H20ClFN2O4S. The molecule has 178 valence electrons. The number of aromatic nitrogens is 1. The topological polar surface area (TPSA) is 88.7 Å². The molecule has 0 saturated heterocycles. The van der Waals surface area contributed by atoms with Crippen molar-refractivity contribution in [1.29, 1.82) is 0 Å². The normalized spacial score (nSPS) is 12.8. The zero-order valence-corrected chi connectivity index (χ0v) is 20.1. The first-order valence-corrected chi connectivity index (χ1v) is 11.8. The van der Waals surface area contributed by atoms with Crippen molar-refractivity contribution in [1.82, 2.24) is 4.57 Å². The molecule has 4 rings (SSSR count). The first kappa shape index (κ1) is 24.5. The Hall–Kier alpha value is -3.62. The highest BCUT2D eigenvalue weighted by molar-refractivity contribution is 7.17. The molecule has 2 aromatic heterocycles. The van der Waals surface area contributed by atoms with Gasteiger partial charge in [0.1, 0.15) is 16.7 Å². The van der Waals surface area contributed by atoms with Crippen molar-refractivity contribution in [2.75, 3.05) is 0 Å². The highest BCUT2D eigenvalue weighted by Crippen LogP contribution is 2.38. The number of carboxylic acid groups (broad SMARTS) is 1. The van der Waals surface area contributed by atoms with Crippen LogP contribution in [0.3, 0.4) is 0 Å². The largest absolute Gasteiger partial charge is 0.477 e. The maximum absolute atomic E-state index is 15.0. The van der Waals surface area contributed by atoms with Crippen molar-refractivity contribution in [3.05, 3.63) is 121 Å². The van der Waals surface area contributed by atoms with E-state index in [9.17, 15) is 24.0 Å². The fourth-order valence-electron chi connectivity index (χ4n) is 3.99. The quantitative estimate of drug-likeness (QED) is 0.269. The highest BCUT2D eigenvalue weighted by atomic mass is 35.5. The number of aromatic carboxylic acids is 1. The van der Waals surface area contributed by atoms with Gasteiger partial charge < -0.3 is 9.67 Å². The Labute approximate surface area is 209 Å². The van der Waals surface area contributed by atoms with E-state index in [1.54, 1.807) is 43.6 Å². The van der Waals surface area contributed by atoms with Gasteiger partial charge in [-0.25, -0.2) is 9.18 Å². The summed E-state index contributed by atoms with van der Waals surface area (Å²) in [7, 11) is 1.59. The standard InChI is InChI=1S/C26H20ClFN2O4S/c1-30-14-17(6-11-25(30)31)22(29-34)13-20(19-8-7-18(27)12-21(19)28)15-2-4-16(5-3-15)23-9-10-24(35-23)26(32)33/h2-12,14,20,22H,13H2,1H3,(H,32,33)/t20-,22?/m1/s1. The van der Waals surface area contributed by atoms with Gasteiger partial charge in [0.05, 0.1) is 0 Å². The van der Waals surface area contributed by atoms with Gasteiger partial charge in [0.2, 0.25) is 5.56 Å². The van der Waals surface area contributed by atoms with Gasteiger partial charge >= 0.3 is 5.97 Å². The van der Waals surface area contributed by atoms with Gasteiger partial charge in [-0.1, -0.05) is 47.1 Å². The molecule has 0 fully saturated rings. The molecule has 0 aliphatic rings. The number of pyridine rings is 1. The fraction of sp³-hybridized carbons (Fsp3) is 0.154. The molecular weight excluding hydrogens is 491 g/mol. The zero-order valence-electron chi connectivity index (χ0n) is 18.5. The van der Waals surface area contributed by atoms with Gasteiger partial charge in [0.15, 0.2) is 0 Å². The van der Waals surface area contributed by atoms with Crippen LogP contribution in [0.5, 0.6) is 0 Å². The minimum absolute atomic E-state index is 0.168. The van der Waals surface area contributed by atoms with Crippen molar-refractivity contribution in [2.45, 2.75) is 18.4 Å². The number of nitroso groups, excluding NO2 is 1. The predicted octanol–water partition coefficient (Wildman–Crippen LogP) is 6.63. The van der Waals surface area contributed by atoms with Crippen molar-refractivity contribution in [3.8, 4) is 10.4 Å². The van der Waals surface area contributed by atoms with E-state index in [1.165, 1.54) is 16.7 Å². The molecule has 0 bridgehead atoms. The minimum Gasteiger partial charge on any atom is -0.477 e.